The van der Waals surface area contributed by atoms with Crippen LogP contribution < -0.4 is 4.74 Å². The fourth-order valence-corrected chi connectivity index (χ4v) is 5.71. The summed E-state index contributed by atoms with van der Waals surface area (Å²) in [6.07, 6.45) is 1.85. The molecule has 0 fully saturated rings. The quantitative estimate of drug-likeness (QED) is 0.203. The van der Waals surface area contributed by atoms with Gasteiger partial charge in [0.05, 0.1) is 11.5 Å². The topological polar surface area (TPSA) is 74.1 Å². The van der Waals surface area contributed by atoms with Gasteiger partial charge < -0.3 is 4.74 Å². The molecule has 6 nitrogen and oxygen atoms in total. The lowest BCUT2D eigenvalue weighted by Gasteiger charge is -2.11. The summed E-state index contributed by atoms with van der Waals surface area (Å²) in [5.41, 5.74) is 1.97. The molecule has 0 bridgehead atoms. The zero-order chi connectivity index (χ0) is 23.8. The Morgan fingerprint density at radius 1 is 0.853 bits per heavy atom. The minimum absolute atomic E-state index is 0.219. The van der Waals surface area contributed by atoms with E-state index in [2.05, 4.69) is 10.2 Å². The summed E-state index contributed by atoms with van der Waals surface area (Å²) < 4.78 is 33.6. The Balaban J connectivity index is 1.42. The van der Waals surface area contributed by atoms with Gasteiger partial charge in [-0.15, -0.1) is 10.2 Å². The molecule has 1 heterocycles. The van der Waals surface area contributed by atoms with Crippen LogP contribution in [-0.2, 0) is 15.6 Å². The molecule has 176 valence electrons. The number of para-hydroxylation sites is 2. The molecule has 0 saturated heterocycles. The molecule has 1 aromatic heterocycles. The summed E-state index contributed by atoms with van der Waals surface area (Å²) in [6, 6.07) is 26.1. The molecule has 4 aromatic rings. The Hall–Kier alpha value is -3.10. The number of nitrogens with zero attached hydrogens (tertiary/aromatic N) is 3. The predicted octanol–water partition coefficient (Wildman–Crippen LogP) is 5.50. The lowest BCUT2D eigenvalue weighted by Crippen LogP contribution is -2.11. The van der Waals surface area contributed by atoms with Crippen molar-refractivity contribution in [1.82, 2.24) is 14.8 Å². The van der Waals surface area contributed by atoms with E-state index in [1.165, 1.54) is 0 Å². The molecule has 0 radical (unpaired) electrons. The largest absolute Gasteiger partial charge is 0.493 e. The minimum Gasteiger partial charge on any atom is -0.493 e. The zero-order valence-electron chi connectivity index (χ0n) is 19.0. The Kier molecular flexibility index (Phi) is 8.03. The van der Waals surface area contributed by atoms with E-state index >= 15 is 0 Å². The van der Waals surface area contributed by atoms with Crippen LogP contribution in [0.5, 0.6) is 5.75 Å². The monoisotopic (exact) mass is 493 g/mol. The molecule has 8 heteroatoms. The average Bonchev–Trinajstić information content (AvgIpc) is 3.25. The number of ether oxygens (including phenoxy) is 1. The van der Waals surface area contributed by atoms with Crippen LogP contribution in [0.2, 0.25) is 0 Å². The van der Waals surface area contributed by atoms with Crippen LogP contribution in [0.4, 0.5) is 0 Å². The highest BCUT2D eigenvalue weighted by atomic mass is 32.2. The second-order valence-electron chi connectivity index (χ2n) is 7.81. The minimum atomic E-state index is -3.54. The van der Waals surface area contributed by atoms with Crippen molar-refractivity contribution < 1.29 is 13.2 Å². The number of thioether (sulfide) groups is 1. The standard InChI is InChI=1S/C26H27N3O3S2/c1-21-12-8-9-17-24(21)32-18-10-11-19-33-26-28-27-25(29(26)22-13-4-2-5-14-22)20-34(30,31)23-15-6-3-7-16-23/h2-9,12-17H,10-11,18-20H2,1H3. The molecular formula is C26H27N3O3S2. The van der Waals surface area contributed by atoms with Crippen molar-refractivity contribution in [3.05, 3.63) is 96.3 Å². The second kappa shape index (κ2) is 11.4. The Morgan fingerprint density at radius 2 is 1.53 bits per heavy atom. The van der Waals surface area contributed by atoms with E-state index in [-0.39, 0.29) is 10.6 Å². The number of unbranched alkanes of at least 4 members (excludes halogenated alkanes) is 1. The molecule has 0 spiro atoms. The average molecular weight is 494 g/mol. The first-order valence-electron chi connectivity index (χ1n) is 11.1. The van der Waals surface area contributed by atoms with Gasteiger partial charge >= 0.3 is 0 Å². The molecule has 4 rings (SSSR count). The van der Waals surface area contributed by atoms with Gasteiger partial charge in [0.25, 0.3) is 0 Å². The molecule has 3 aromatic carbocycles. The van der Waals surface area contributed by atoms with E-state index < -0.39 is 9.84 Å². The van der Waals surface area contributed by atoms with Crippen molar-refractivity contribution in [3.8, 4) is 11.4 Å². The number of hydrogen-bond acceptors (Lipinski definition) is 6. The molecule has 0 N–H and O–H groups in total. The Bertz CT molecular complexity index is 1310. The lowest BCUT2D eigenvalue weighted by atomic mass is 10.2. The third-order valence-electron chi connectivity index (χ3n) is 5.26. The summed E-state index contributed by atoms with van der Waals surface area (Å²) in [5, 5.41) is 9.27. The molecule has 0 aliphatic heterocycles. The Morgan fingerprint density at radius 3 is 2.26 bits per heavy atom. The van der Waals surface area contributed by atoms with Crippen LogP contribution in [0.25, 0.3) is 5.69 Å². The molecule has 0 aliphatic carbocycles. The maximum Gasteiger partial charge on any atom is 0.195 e. The number of sulfone groups is 1. The van der Waals surface area contributed by atoms with Gasteiger partial charge in [-0.25, -0.2) is 8.42 Å². The Labute approximate surface area is 204 Å². The zero-order valence-corrected chi connectivity index (χ0v) is 20.6. The highest BCUT2D eigenvalue weighted by molar-refractivity contribution is 7.99. The summed E-state index contributed by atoms with van der Waals surface area (Å²) in [5.74, 6) is 1.93. The molecule has 0 amide bonds. The van der Waals surface area contributed by atoms with E-state index in [1.54, 1.807) is 42.1 Å². The molecule has 0 aliphatic rings. The molecule has 0 unspecified atom stereocenters. The predicted molar refractivity (Wildman–Crippen MR) is 135 cm³/mol. The maximum atomic E-state index is 13.0. The van der Waals surface area contributed by atoms with Gasteiger partial charge in [-0.05, 0) is 55.7 Å². The van der Waals surface area contributed by atoms with Gasteiger partial charge in [0.15, 0.2) is 20.8 Å². The fourth-order valence-electron chi connectivity index (χ4n) is 3.47. The number of aryl methyl sites for hydroxylation is 1. The molecule has 0 saturated carbocycles. The van der Waals surface area contributed by atoms with Crippen molar-refractivity contribution in [2.75, 3.05) is 12.4 Å². The van der Waals surface area contributed by atoms with Crippen LogP contribution in [0, 0.1) is 6.92 Å². The first kappa shape index (κ1) is 24.0. The lowest BCUT2D eigenvalue weighted by molar-refractivity contribution is 0.308. The van der Waals surface area contributed by atoms with E-state index in [0.29, 0.717) is 17.6 Å². The number of aromatic nitrogens is 3. The summed E-state index contributed by atoms with van der Waals surface area (Å²) >= 11 is 1.57. The summed E-state index contributed by atoms with van der Waals surface area (Å²) in [4.78, 5) is 0.278. The van der Waals surface area contributed by atoms with Crippen LogP contribution in [0.3, 0.4) is 0 Å². The van der Waals surface area contributed by atoms with Crippen molar-refractivity contribution in [1.29, 1.82) is 0 Å². The van der Waals surface area contributed by atoms with Crippen molar-refractivity contribution >= 4 is 21.6 Å². The van der Waals surface area contributed by atoms with Crippen LogP contribution in [0.15, 0.2) is 95.0 Å². The van der Waals surface area contributed by atoms with E-state index in [0.717, 1.165) is 35.6 Å². The van der Waals surface area contributed by atoms with Crippen LogP contribution >= 0.6 is 11.8 Å². The summed E-state index contributed by atoms with van der Waals surface area (Å²) in [7, 11) is -3.54. The van der Waals surface area contributed by atoms with E-state index in [4.69, 9.17) is 4.74 Å². The maximum absolute atomic E-state index is 13.0. The number of hydrogen-bond donors (Lipinski definition) is 0. The highest BCUT2D eigenvalue weighted by Crippen LogP contribution is 2.25. The SMILES string of the molecule is Cc1ccccc1OCCCCSc1nnc(CS(=O)(=O)c2ccccc2)n1-c1ccccc1. The molecule has 34 heavy (non-hydrogen) atoms. The second-order valence-corrected chi connectivity index (χ2v) is 10.9. The van der Waals surface area contributed by atoms with Gasteiger partial charge in [0.2, 0.25) is 0 Å². The van der Waals surface area contributed by atoms with Gasteiger partial charge in [-0.2, -0.15) is 0 Å². The number of rotatable bonds is 11. The van der Waals surface area contributed by atoms with Crippen molar-refractivity contribution in [2.24, 2.45) is 0 Å². The normalized spacial score (nSPS) is 11.4. The fraction of sp³-hybridized carbons (Fsp3) is 0.231. The third kappa shape index (κ3) is 6.07. The van der Waals surface area contributed by atoms with Gasteiger partial charge in [0.1, 0.15) is 11.5 Å². The molecular weight excluding hydrogens is 466 g/mol. The van der Waals surface area contributed by atoms with Gasteiger partial charge in [-0.3, -0.25) is 4.57 Å². The van der Waals surface area contributed by atoms with Crippen LogP contribution in [0.1, 0.15) is 24.2 Å². The third-order valence-corrected chi connectivity index (χ3v) is 7.90. The summed E-state index contributed by atoms with van der Waals surface area (Å²) in [6.45, 7) is 2.69. The van der Waals surface area contributed by atoms with Gasteiger partial charge in [-0.1, -0.05) is 66.4 Å². The first-order valence-corrected chi connectivity index (χ1v) is 13.8. The van der Waals surface area contributed by atoms with E-state index in [9.17, 15) is 8.42 Å². The number of benzene rings is 3. The van der Waals surface area contributed by atoms with Crippen molar-refractivity contribution in [3.63, 3.8) is 0 Å². The van der Waals surface area contributed by atoms with E-state index in [1.807, 2.05) is 66.1 Å². The van der Waals surface area contributed by atoms with Crippen LogP contribution in [-0.4, -0.2) is 35.5 Å². The first-order chi connectivity index (χ1) is 16.5. The smallest absolute Gasteiger partial charge is 0.195 e. The highest BCUT2D eigenvalue weighted by Gasteiger charge is 2.22. The molecule has 0 atom stereocenters. The van der Waals surface area contributed by atoms with Gasteiger partial charge in [0, 0.05) is 11.4 Å². The van der Waals surface area contributed by atoms with Crippen molar-refractivity contribution in [2.45, 2.75) is 35.6 Å².